The lowest BCUT2D eigenvalue weighted by molar-refractivity contribution is -0.154. The molecule has 1 amide bonds. The monoisotopic (exact) mass is 421 g/mol. The van der Waals surface area contributed by atoms with Crippen molar-refractivity contribution in [3.05, 3.63) is 52.5 Å². The Hall–Kier alpha value is -2.93. The fraction of sp³-hybridized carbons (Fsp3) is 0.333. The van der Waals surface area contributed by atoms with Crippen LogP contribution in [0.4, 0.5) is 0 Å². The average Bonchev–Trinajstić information content (AvgIpc) is 2.71. The van der Waals surface area contributed by atoms with Gasteiger partial charge in [-0.25, -0.2) is 0 Å². The molecular weight excluding hydrogens is 398 g/mol. The first kappa shape index (κ1) is 22.4. The minimum atomic E-state index is -0.951. The number of carbonyl (C=O) groups excluding carboxylic acids is 2. The van der Waals surface area contributed by atoms with Crippen LogP contribution in [0.3, 0.4) is 0 Å². The first-order valence-electron chi connectivity index (χ1n) is 8.88. The van der Waals surface area contributed by atoms with E-state index in [1.54, 1.807) is 37.4 Å². The van der Waals surface area contributed by atoms with Gasteiger partial charge in [-0.2, -0.15) is 0 Å². The highest BCUT2D eigenvalue weighted by Gasteiger charge is 2.19. The van der Waals surface area contributed by atoms with Gasteiger partial charge in [-0.1, -0.05) is 17.7 Å². The molecule has 7 nitrogen and oxygen atoms in total. The van der Waals surface area contributed by atoms with Crippen LogP contribution in [0.1, 0.15) is 18.1 Å². The van der Waals surface area contributed by atoms with E-state index < -0.39 is 18.0 Å². The zero-order valence-corrected chi connectivity index (χ0v) is 17.5. The summed E-state index contributed by atoms with van der Waals surface area (Å²) in [6.07, 6.45) is -1.01. The molecule has 29 heavy (non-hydrogen) atoms. The molecule has 0 spiro atoms. The molecule has 1 atom stereocenters. The number of halogens is 1. The smallest absolute Gasteiger partial charge is 0.311 e. The second-order valence-electron chi connectivity index (χ2n) is 6.17. The average molecular weight is 422 g/mol. The molecule has 2 aromatic carbocycles. The van der Waals surface area contributed by atoms with Gasteiger partial charge >= 0.3 is 5.97 Å². The summed E-state index contributed by atoms with van der Waals surface area (Å²) in [5.41, 5.74) is 1.40. The fourth-order valence-corrected chi connectivity index (χ4v) is 2.85. The topological polar surface area (TPSA) is 83.1 Å². The zero-order valence-electron chi connectivity index (χ0n) is 16.8. The molecule has 0 bridgehead atoms. The second kappa shape index (κ2) is 10.6. The van der Waals surface area contributed by atoms with Gasteiger partial charge in [0.2, 0.25) is 0 Å². The van der Waals surface area contributed by atoms with Crippen molar-refractivity contribution in [1.82, 2.24) is 5.32 Å². The zero-order chi connectivity index (χ0) is 21.4. The molecule has 0 heterocycles. The van der Waals surface area contributed by atoms with Gasteiger partial charge in [-0.3, -0.25) is 9.59 Å². The molecule has 0 saturated heterocycles. The van der Waals surface area contributed by atoms with Gasteiger partial charge in [-0.05, 0) is 42.8 Å². The van der Waals surface area contributed by atoms with Gasteiger partial charge in [0.05, 0.1) is 27.8 Å². The number of amides is 1. The van der Waals surface area contributed by atoms with Crippen LogP contribution in [0, 0.1) is 0 Å². The molecule has 1 N–H and O–H groups in total. The van der Waals surface area contributed by atoms with Crippen molar-refractivity contribution in [2.45, 2.75) is 26.0 Å². The number of benzene rings is 2. The molecule has 0 saturated carbocycles. The third-order valence-corrected chi connectivity index (χ3v) is 4.40. The Kier molecular flexibility index (Phi) is 8.15. The summed E-state index contributed by atoms with van der Waals surface area (Å²) in [5, 5.41) is 3.21. The van der Waals surface area contributed by atoms with Crippen LogP contribution in [0.15, 0.2) is 36.4 Å². The van der Waals surface area contributed by atoms with Crippen LogP contribution >= 0.6 is 11.6 Å². The van der Waals surface area contributed by atoms with Crippen LogP contribution in [-0.2, 0) is 27.3 Å². The van der Waals surface area contributed by atoms with E-state index in [9.17, 15) is 9.59 Å². The standard InChI is InChI=1S/C21H24ClNO6/c1-13(29-20(24)11-15-10-16(22)6-8-17(15)26-2)21(25)23-12-14-5-7-18(27-3)19(9-14)28-4/h5-10,13H,11-12H2,1-4H3,(H,23,25)/t13-/m0/s1. The maximum absolute atomic E-state index is 12.3. The Balaban J connectivity index is 1.90. The van der Waals surface area contributed by atoms with Crippen LogP contribution in [0.2, 0.25) is 5.02 Å². The van der Waals surface area contributed by atoms with Crippen molar-refractivity contribution < 1.29 is 28.5 Å². The van der Waals surface area contributed by atoms with Gasteiger partial charge in [0.15, 0.2) is 17.6 Å². The minimum Gasteiger partial charge on any atom is -0.496 e. The first-order valence-corrected chi connectivity index (χ1v) is 9.26. The van der Waals surface area contributed by atoms with Crippen molar-refractivity contribution in [3.8, 4) is 17.2 Å². The van der Waals surface area contributed by atoms with E-state index in [0.717, 1.165) is 5.56 Å². The first-order chi connectivity index (χ1) is 13.9. The molecule has 0 radical (unpaired) electrons. The molecular formula is C21H24ClNO6. The third kappa shape index (κ3) is 6.29. The van der Waals surface area contributed by atoms with Crippen molar-refractivity contribution in [2.75, 3.05) is 21.3 Å². The van der Waals surface area contributed by atoms with Crippen molar-refractivity contribution in [2.24, 2.45) is 0 Å². The van der Waals surface area contributed by atoms with Crippen LogP contribution in [0.25, 0.3) is 0 Å². The van der Waals surface area contributed by atoms with Gasteiger partial charge in [-0.15, -0.1) is 0 Å². The molecule has 0 unspecified atom stereocenters. The highest BCUT2D eigenvalue weighted by Crippen LogP contribution is 2.27. The van der Waals surface area contributed by atoms with E-state index in [0.29, 0.717) is 27.8 Å². The third-order valence-electron chi connectivity index (χ3n) is 4.17. The van der Waals surface area contributed by atoms with E-state index in [1.807, 2.05) is 6.07 Å². The highest BCUT2D eigenvalue weighted by atomic mass is 35.5. The predicted octanol–water partition coefficient (Wildman–Crippen LogP) is 3.16. The summed E-state index contributed by atoms with van der Waals surface area (Å²) in [6.45, 7) is 1.76. The van der Waals surface area contributed by atoms with Gasteiger partial charge < -0.3 is 24.3 Å². The van der Waals surface area contributed by atoms with Gasteiger partial charge in [0, 0.05) is 17.1 Å². The van der Waals surface area contributed by atoms with Crippen molar-refractivity contribution >= 4 is 23.5 Å². The van der Waals surface area contributed by atoms with Crippen molar-refractivity contribution in [1.29, 1.82) is 0 Å². The quantitative estimate of drug-likeness (QED) is 0.626. The SMILES string of the molecule is COc1ccc(Cl)cc1CC(=O)O[C@@H](C)C(=O)NCc1ccc(OC)c(OC)c1. The molecule has 0 aromatic heterocycles. The number of hydrogen-bond donors (Lipinski definition) is 1. The Bertz CT molecular complexity index is 870. The molecule has 0 fully saturated rings. The lowest BCUT2D eigenvalue weighted by Gasteiger charge is -2.15. The summed E-state index contributed by atoms with van der Waals surface area (Å²) in [7, 11) is 4.59. The Morgan fingerprint density at radius 1 is 0.966 bits per heavy atom. The largest absolute Gasteiger partial charge is 0.496 e. The maximum Gasteiger partial charge on any atom is 0.311 e. The number of rotatable bonds is 9. The molecule has 8 heteroatoms. The van der Waals surface area contributed by atoms with Gasteiger partial charge in [0.1, 0.15) is 5.75 Å². The number of hydrogen-bond acceptors (Lipinski definition) is 6. The lowest BCUT2D eigenvalue weighted by Crippen LogP contribution is -2.35. The molecule has 156 valence electrons. The molecule has 0 aliphatic rings. The van der Waals surface area contributed by atoms with Crippen LogP contribution in [0.5, 0.6) is 17.2 Å². The van der Waals surface area contributed by atoms with E-state index in [1.165, 1.54) is 21.1 Å². The Morgan fingerprint density at radius 2 is 1.62 bits per heavy atom. The van der Waals surface area contributed by atoms with Gasteiger partial charge in [0.25, 0.3) is 5.91 Å². The van der Waals surface area contributed by atoms with E-state index in [4.69, 9.17) is 30.5 Å². The molecule has 0 aliphatic heterocycles. The maximum atomic E-state index is 12.3. The molecule has 0 aliphatic carbocycles. The number of methoxy groups -OCH3 is 3. The Labute approximate surface area is 174 Å². The summed E-state index contributed by atoms with van der Waals surface area (Å²) in [4.78, 5) is 24.5. The fourth-order valence-electron chi connectivity index (χ4n) is 2.66. The Morgan fingerprint density at radius 3 is 2.28 bits per heavy atom. The highest BCUT2D eigenvalue weighted by molar-refractivity contribution is 6.30. The normalized spacial score (nSPS) is 11.3. The van der Waals surface area contributed by atoms with Crippen LogP contribution in [-0.4, -0.2) is 39.3 Å². The molecule has 2 aromatic rings. The summed E-state index contributed by atoms with van der Waals surface area (Å²) >= 11 is 5.96. The van der Waals surface area contributed by atoms with E-state index >= 15 is 0 Å². The van der Waals surface area contributed by atoms with E-state index in [2.05, 4.69) is 5.32 Å². The second-order valence-corrected chi connectivity index (χ2v) is 6.61. The summed E-state index contributed by atoms with van der Waals surface area (Å²) < 4.78 is 20.9. The lowest BCUT2D eigenvalue weighted by atomic mass is 10.1. The molecule has 2 rings (SSSR count). The summed E-state index contributed by atoms with van der Waals surface area (Å²) in [6, 6.07) is 10.3. The number of esters is 1. The van der Waals surface area contributed by atoms with Crippen molar-refractivity contribution in [3.63, 3.8) is 0 Å². The predicted molar refractivity (Wildman–Crippen MR) is 109 cm³/mol. The minimum absolute atomic E-state index is 0.0585. The number of nitrogens with one attached hydrogen (secondary N) is 1. The van der Waals surface area contributed by atoms with Crippen LogP contribution < -0.4 is 19.5 Å². The summed E-state index contributed by atoms with van der Waals surface area (Å²) in [5.74, 6) is 0.720. The number of carbonyl (C=O) groups is 2. The van der Waals surface area contributed by atoms with E-state index in [-0.39, 0.29) is 13.0 Å². The number of ether oxygens (including phenoxy) is 4.